The molecule has 2 aromatic rings. The number of nitrogens with one attached hydrogen (secondary N) is 1. The molecule has 24 heavy (non-hydrogen) atoms. The summed E-state index contributed by atoms with van der Waals surface area (Å²) in [4.78, 5) is 21.5. The monoisotopic (exact) mass is 341 g/mol. The maximum atomic E-state index is 12.7. The van der Waals surface area contributed by atoms with Gasteiger partial charge in [0.15, 0.2) is 0 Å². The van der Waals surface area contributed by atoms with E-state index in [-0.39, 0.29) is 11.9 Å². The number of thiophene rings is 1. The van der Waals surface area contributed by atoms with Crippen LogP contribution in [0.25, 0.3) is 0 Å². The highest BCUT2D eigenvalue weighted by Crippen LogP contribution is 2.34. The van der Waals surface area contributed by atoms with Crippen molar-refractivity contribution in [3.05, 3.63) is 52.0 Å². The Hall–Kier alpha value is -1.72. The molecule has 3 fully saturated rings. The number of hydrogen-bond donors (Lipinski definition) is 1. The Kier molecular flexibility index (Phi) is 4.37. The molecule has 2 aromatic heterocycles. The summed E-state index contributed by atoms with van der Waals surface area (Å²) in [5.74, 6) is 0.685. The number of pyridine rings is 1. The van der Waals surface area contributed by atoms with Gasteiger partial charge < -0.3 is 5.32 Å². The van der Waals surface area contributed by atoms with Gasteiger partial charge in [0.1, 0.15) is 0 Å². The van der Waals surface area contributed by atoms with Crippen LogP contribution in [0.4, 0.5) is 0 Å². The number of nitrogens with zero attached hydrogens (tertiary/aromatic N) is 2. The number of carbonyl (C=O) groups excluding carboxylic acids is 1. The fraction of sp³-hybridized carbons (Fsp3) is 0.474. The molecule has 0 spiro atoms. The third kappa shape index (κ3) is 3.10. The van der Waals surface area contributed by atoms with E-state index in [9.17, 15) is 4.79 Å². The molecule has 126 valence electrons. The Bertz CT molecular complexity index is 706. The van der Waals surface area contributed by atoms with E-state index < -0.39 is 0 Å². The fourth-order valence-electron chi connectivity index (χ4n) is 4.16. The van der Waals surface area contributed by atoms with Crippen molar-refractivity contribution >= 4 is 17.2 Å². The zero-order valence-corrected chi connectivity index (χ0v) is 14.8. The average molecular weight is 341 g/mol. The number of amides is 1. The summed E-state index contributed by atoms with van der Waals surface area (Å²) in [6.45, 7) is 4.35. The first-order valence-corrected chi connectivity index (χ1v) is 9.52. The highest BCUT2D eigenvalue weighted by molar-refractivity contribution is 7.13. The Morgan fingerprint density at radius 2 is 2.17 bits per heavy atom. The van der Waals surface area contributed by atoms with Crippen LogP contribution in [-0.2, 0) is 6.42 Å². The van der Waals surface area contributed by atoms with Crippen LogP contribution < -0.4 is 5.32 Å². The molecule has 5 heteroatoms. The van der Waals surface area contributed by atoms with Crippen LogP contribution in [0.5, 0.6) is 0 Å². The Balaban J connectivity index is 1.53. The lowest BCUT2D eigenvalue weighted by Gasteiger charge is -2.51. The predicted molar refractivity (Wildman–Crippen MR) is 96.3 cm³/mol. The second-order valence-electron chi connectivity index (χ2n) is 6.92. The second-order valence-corrected chi connectivity index (χ2v) is 8.20. The number of carbonyl (C=O) groups is 1. The Morgan fingerprint density at radius 3 is 2.83 bits per heavy atom. The molecule has 4 nitrogen and oxygen atoms in total. The summed E-state index contributed by atoms with van der Waals surface area (Å²) in [6, 6.07) is 8.70. The molecule has 2 bridgehead atoms. The highest BCUT2D eigenvalue weighted by atomic mass is 32.1. The Labute approximate surface area is 146 Å². The lowest BCUT2D eigenvalue weighted by molar-refractivity contribution is 0.0137. The minimum absolute atomic E-state index is 0.0861. The number of rotatable bonds is 4. The largest absolute Gasteiger partial charge is 0.347 e. The maximum absolute atomic E-state index is 12.7. The zero-order chi connectivity index (χ0) is 16.5. The summed E-state index contributed by atoms with van der Waals surface area (Å²) in [6.07, 6.45) is 7.11. The van der Waals surface area contributed by atoms with Gasteiger partial charge in [-0.25, -0.2) is 0 Å². The molecule has 0 saturated carbocycles. The summed E-state index contributed by atoms with van der Waals surface area (Å²) < 4.78 is 0. The summed E-state index contributed by atoms with van der Waals surface area (Å²) in [5.41, 5.74) is 1.25. The van der Waals surface area contributed by atoms with E-state index in [0.717, 1.165) is 24.4 Å². The van der Waals surface area contributed by atoms with Crippen molar-refractivity contribution in [1.82, 2.24) is 15.2 Å². The van der Waals surface area contributed by atoms with Gasteiger partial charge in [0.2, 0.25) is 0 Å². The van der Waals surface area contributed by atoms with E-state index in [4.69, 9.17) is 0 Å². The van der Waals surface area contributed by atoms with Gasteiger partial charge in [0, 0.05) is 29.4 Å². The summed E-state index contributed by atoms with van der Waals surface area (Å²) in [7, 11) is 0. The van der Waals surface area contributed by atoms with E-state index >= 15 is 0 Å². The van der Waals surface area contributed by atoms with E-state index in [1.165, 1.54) is 23.3 Å². The van der Waals surface area contributed by atoms with Crippen molar-refractivity contribution in [3.8, 4) is 0 Å². The normalized spacial score (nSPS) is 28.7. The predicted octanol–water partition coefficient (Wildman–Crippen LogP) is 2.89. The third-order valence-corrected chi connectivity index (χ3v) is 6.39. The number of fused-ring (bicyclic) bond motifs is 3. The standard InChI is InChI=1S/C19H23N3OS/c1-13-4-5-17(24-13)19(23)21-18-15-6-9-22(10-7-15)16(18)11-14-3-2-8-20-12-14/h2-5,8,12,15-16,18H,6-7,9-11H2,1H3,(H,21,23)/t16-,18+/m0/s1. The molecule has 5 rings (SSSR count). The smallest absolute Gasteiger partial charge is 0.261 e. The lowest BCUT2D eigenvalue weighted by atomic mass is 9.77. The maximum Gasteiger partial charge on any atom is 0.261 e. The first-order chi connectivity index (χ1) is 11.7. The van der Waals surface area contributed by atoms with Gasteiger partial charge in [0.05, 0.1) is 4.88 Å². The van der Waals surface area contributed by atoms with Gasteiger partial charge in [-0.1, -0.05) is 6.07 Å². The third-order valence-electron chi connectivity index (χ3n) is 5.40. The minimum Gasteiger partial charge on any atom is -0.347 e. The van der Waals surface area contributed by atoms with Gasteiger partial charge in [0.25, 0.3) is 5.91 Å². The molecule has 3 aliphatic rings. The SMILES string of the molecule is Cc1ccc(C(=O)N[C@@H]2C3CCN(CC3)[C@H]2Cc2cccnc2)s1. The molecule has 0 radical (unpaired) electrons. The second kappa shape index (κ2) is 6.65. The first-order valence-electron chi connectivity index (χ1n) is 8.71. The number of aromatic nitrogens is 1. The molecular weight excluding hydrogens is 318 g/mol. The number of hydrogen-bond acceptors (Lipinski definition) is 4. The minimum atomic E-state index is 0.0861. The summed E-state index contributed by atoms with van der Waals surface area (Å²) in [5, 5.41) is 3.36. The van der Waals surface area contributed by atoms with Crippen molar-refractivity contribution in [1.29, 1.82) is 0 Å². The first kappa shape index (κ1) is 15.8. The fourth-order valence-corrected chi connectivity index (χ4v) is 4.93. The molecule has 0 aliphatic carbocycles. The van der Waals surface area contributed by atoms with Crippen molar-refractivity contribution in [2.75, 3.05) is 13.1 Å². The molecule has 1 N–H and O–H groups in total. The zero-order valence-electron chi connectivity index (χ0n) is 13.9. The van der Waals surface area contributed by atoms with Crippen molar-refractivity contribution < 1.29 is 4.79 Å². The van der Waals surface area contributed by atoms with Crippen LogP contribution in [-0.4, -0.2) is 41.0 Å². The van der Waals surface area contributed by atoms with Gasteiger partial charge in [-0.15, -0.1) is 11.3 Å². The van der Waals surface area contributed by atoms with Gasteiger partial charge in [-0.3, -0.25) is 14.7 Å². The quantitative estimate of drug-likeness (QED) is 0.930. The molecule has 0 aromatic carbocycles. The molecule has 1 amide bonds. The van der Waals surface area contributed by atoms with Crippen molar-refractivity contribution in [3.63, 3.8) is 0 Å². The van der Waals surface area contributed by atoms with E-state index in [2.05, 4.69) is 21.3 Å². The molecular formula is C19H23N3OS. The number of piperidine rings is 3. The van der Waals surface area contributed by atoms with E-state index in [1.807, 2.05) is 37.5 Å². The topological polar surface area (TPSA) is 45.2 Å². The van der Waals surface area contributed by atoms with Crippen LogP contribution in [0.15, 0.2) is 36.7 Å². The van der Waals surface area contributed by atoms with Gasteiger partial charge >= 0.3 is 0 Å². The van der Waals surface area contributed by atoms with Crippen LogP contribution >= 0.6 is 11.3 Å². The van der Waals surface area contributed by atoms with Gasteiger partial charge in [-0.05, 0) is 69.0 Å². The number of aryl methyl sites for hydroxylation is 1. The van der Waals surface area contributed by atoms with Gasteiger partial charge in [-0.2, -0.15) is 0 Å². The molecule has 0 unspecified atom stereocenters. The molecule has 3 saturated heterocycles. The van der Waals surface area contributed by atoms with Crippen LogP contribution in [0.1, 0.15) is 33.0 Å². The van der Waals surface area contributed by atoms with E-state index in [0.29, 0.717) is 12.0 Å². The summed E-state index contributed by atoms with van der Waals surface area (Å²) >= 11 is 1.57. The van der Waals surface area contributed by atoms with Crippen molar-refractivity contribution in [2.45, 2.75) is 38.3 Å². The average Bonchev–Trinajstić information content (AvgIpc) is 3.05. The molecule has 5 heterocycles. The van der Waals surface area contributed by atoms with Crippen LogP contribution in [0, 0.1) is 12.8 Å². The van der Waals surface area contributed by atoms with Crippen LogP contribution in [0.2, 0.25) is 0 Å². The lowest BCUT2D eigenvalue weighted by Crippen LogP contribution is -2.64. The molecule has 3 aliphatic heterocycles. The van der Waals surface area contributed by atoms with Crippen molar-refractivity contribution in [2.24, 2.45) is 5.92 Å². The van der Waals surface area contributed by atoms with Crippen LogP contribution in [0.3, 0.4) is 0 Å². The van der Waals surface area contributed by atoms with E-state index in [1.54, 1.807) is 11.3 Å². The highest BCUT2D eigenvalue weighted by Gasteiger charge is 2.42. The molecule has 2 atom stereocenters. The Morgan fingerprint density at radius 1 is 1.33 bits per heavy atom.